The van der Waals surface area contributed by atoms with Crippen LogP contribution in [0.1, 0.15) is 23.2 Å². The van der Waals surface area contributed by atoms with Crippen LogP contribution in [0.4, 0.5) is 10.1 Å². The highest BCUT2D eigenvalue weighted by Gasteiger charge is 2.20. The van der Waals surface area contributed by atoms with Gasteiger partial charge in [-0.15, -0.1) is 0 Å². The molecule has 1 amide bonds. The van der Waals surface area contributed by atoms with Crippen molar-refractivity contribution in [1.29, 1.82) is 0 Å². The average molecular weight is 429 g/mol. The third kappa shape index (κ3) is 4.86. The van der Waals surface area contributed by atoms with Crippen molar-refractivity contribution in [3.8, 4) is 17.3 Å². The molecule has 0 saturated heterocycles. The van der Waals surface area contributed by atoms with E-state index in [1.54, 1.807) is 22.9 Å². The number of nitrogens with zero attached hydrogens (tertiary/aromatic N) is 2. The van der Waals surface area contributed by atoms with Gasteiger partial charge in [0.05, 0.1) is 11.4 Å². The number of para-hydroxylation sites is 2. The summed E-state index contributed by atoms with van der Waals surface area (Å²) in [7, 11) is 0. The van der Waals surface area contributed by atoms with Gasteiger partial charge in [-0.05, 0) is 56.7 Å². The van der Waals surface area contributed by atoms with Crippen LogP contribution in [0.15, 0.2) is 78.9 Å². The molecule has 1 aromatic heterocycles. The van der Waals surface area contributed by atoms with Crippen LogP contribution in [0.2, 0.25) is 0 Å². The Hall–Kier alpha value is -3.93. The summed E-state index contributed by atoms with van der Waals surface area (Å²) in [6.45, 7) is 3.86. The molecule has 0 radical (unpaired) electrons. The highest BCUT2D eigenvalue weighted by Crippen LogP contribution is 2.32. The van der Waals surface area contributed by atoms with Crippen LogP contribution in [0.5, 0.6) is 11.6 Å². The molecule has 0 atom stereocenters. The highest BCUT2D eigenvalue weighted by molar-refractivity contribution is 5.90. The molecule has 0 spiro atoms. The number of hydrogen-bond donors (Lipinski definition) is 1. The number of carbonyl (C=O) groups is 1. The maximum atomic E-state index is 14.3. The summed E-state index contributed by atoms with van der Waals surface area (Å²) < 4.78 is 22.0. The van der Waals surface area contributed by atoms with E-state index in [1.807, 2.05) is 68.4 Å². The van der Waals surface area contributed by atoms with Crippen LogP contribution in [-0.2, 0) is 11.2 Å². The Bertz CT molecular complexity index is 1220. The lowest BCUT2D eigenvalue weighted by Crippen LogP contribution is -2.12. The number of benzene rings is 3. The molecular formula is C26H24FN3O2. The number of nitrogens with one attached hydrogen (secondary N) is 1. The number of hydrogen-bond acceptors (Lipinski definition) is 3. The summed E-state index contributed by atoms with van der Waals surface area (Å²) in [6, 6.07) is 23.4. The molecule has 4 rings (SSSR count). The molecule has 1 N–H and O–H groups in total. The summed E-state index contributed by atoms with van der Waals surface area (Å²) in [4.78, 5) is 12.5. The molecule has 162 valence electrons. The molecule has 32 heavy (non-hydrogen) atoms. The van der Waals surface area contributed by atoms with Gasteiger partial charge in [0.2, 0.25) is 11.8 Å². The van der Waals surface area contributed by atoms with E-state index in [0.29, 0.717) is 12.3 Å². The van der Waals surface area contributed by atoms with Gasteiger partial charge in [0.1, 0.15) is 0 Å². The Kier molecular flexibility index (Phi) is 6.31. The lowest BCUT2D eigenvalue weighted by atomic mass is 10.1. The molecule has 0 aliphatic rings. The van der Waals surface area contributed by atoms with Gasteiger partial charge in [-0.25, -0.2) is 9.07 Å². The van der Waals surface area contributed by atoms with Gasteiger partial charge in [0.25, 0.3) is 0 Å². The number of aryl methyl sites for hydroxylation is 2. The van der Waals surface area contributed by atoms with Crippen LogP contribution in [-0.4, -0.2) is 15.7 Å². The molecule has 0 saturated carbocycles. The summed E-state index contributed by atoms with van der Waals surface area (Å²) in [5, 5.41) is 7.52. The van der Waals surface area contributed by atoms with Gasteiger partial charge in [-0.2, -0.15) is 5.10 Å². The predicted molar refractivity (Wildman–Crippen MR) is 123 cm³/mol. The van der Waals surface area contributed by atoms with E-state index in [-0.39, 0.29) is 18.1 Å². The first-order chi connectivity index (χ1) is 15.5. The predicted octanol–water partition coefficient (Wildman–Crippen LogP) is 5.99. The van der Waals surface area contributed by atoms with E-state index in [0.717, 1.165) is 28.2 Å². The number of carbonyl (C=O) groups excluding carboxylic acids is 1. The number of ether oxygens (including phenoxy) is 1. The van der Waals surface area contributed by atoms with E-state index in [1.165, 1.54) is 6.07 Å². The van der Waals surface area contributed by atoms with E-state index in [4.69, 9.17) is 4.74 Å². The van der Waals surface area contributed by atoms with Crippen LogP contribution >= 0.6 is 0 Å². The smallest absolute Gasteiger partial charge is 0.226 e. The summed E-state index contributed by atoms with van der Waals surface area (Å²) >= 11 is 0. The molecule has 0 fully saturated rings. The van der Waals surface area contributed by atoms with Crippen molar-refractivity contribution in [2.75, 3.05) is 5.32 Å². The van der Waals surface area contributed by atoms with Gasteiger partial charge in [0.15, 0.2) is 11.6 Å². The van der Waals surface area contributed by atoms with Crippen LogP contribution in [0, 0.1) is 19.7 Å². The zero-order chi connectivity index (χ0) is 22.5. The Morgan fingerprint density at radius 1 is 0.969 bits per heavy atom. The van der Waals surface area contributed by atoms with Crippen LogP contribution < -0.4 is 10.1 Å². The molecule has 3 aromatic carbocycles. The first-order valence-electron chi connectivity index (χ1n) is 10.4. The summed E-state index contributed by atoms with van der Waals surface area (Å²) in [6.07, 6.45) is 0.642. The zero-order valence-electron chi connectivity index (χ0n) is 18.0. The minimum Gasteiger partial charge on any atom is -0.436 e. The molecule has 0 bridgehead atoms. The Morgan fingerprint density at radius 2 is 1.66 bits per heavy atom. The van der Waals surface area contributed by atoms with Crippen molar-refractivity contribution in [2.45, 2.75) is 26.7 Å². The van der Waals surface area contributed by atoms with Crippen molar-refractivity contribution in [3.05, 3.63) is 102 Å². The van der Waals surface area contributed by atoms with Crippen molar-refractivity contribution < 1.29 is 13.9 Å². The van der Waals surface area contributed by atoms with Crippen molar-refractivity contribution in [3.63, 3.8) is 0 Å². The molecule has 5 nitrogen and oxygen atoms in total. The number of aromatic nitrogens is 2. The van der Waals surface area contributed by atoms with E-state index in [9.17, 15) is 9.18 Å². The SMILES string of the molecule is Cc1ccc(NC(=O)CCc2c(C)nn(-c3ccccc3)c2Oc2ccccc2F)cc1. The molecule has 0 aliphatic carbocycles. The molecular weight excluding hydrogens is 405 g/mol. The Balaban J connectivity index is 1.60. The second kappa shape index (κ2) is 9.47. The quantitative estimate of drug-likeness (QED) is 0.392. The minimum absolute atomic E-state index is 0.106. The lowest BCUT2D eigenvalue weighted by Gasteiger charge is -2.12. The standard InChI is InChI=1S/C26H24FN3O2/c1-18-12-14-20(15-13-18)28-25(31)17-16-22-19(2)29-30(21-8-4-3-5-9-21)26(22)32-24-11-7-6-10-23(24)27/h3-15H,16-17H2,1-2H3,(H,28,31). The maximum absolute atomic E-state index is 14.3. The molecule has 1 heterocycles. The lowest BCUT2D eigenvalue weighted by molar-refractivity contribution is -0.116. The Labute approximate surface area is 186 Å². The normalized spacial score (nSPS) is 10.7. The molecule has 0 unspecified atom stereocenters. The fraction of sp³-hybridized carbons (Fsp3) is 0.154. The highest BCUT2D eigenvalue weighted by atomic mass is 19.1. The van der Waals surface area contributed by atoms with E-state index >= 15 is 0 Å². The monoisotopic (exact) mass is 429 g/mol. The number of halogens is 1. The van der Waals surface area contributed by atoms with Gasteiger partial charge < -0.3 is 10.1 Å². The van der Waals surface area contributed by atoms with Gasteiger partial charge in [-0.1, -0.05) is 48.0 Å². The van der Waals surface area contributed by atoms with Crippen molar-refractivity contribution >= 4 is 11.6 Å². The number of anilines is 1. The van der Waals surface area contributed by atoms with E-state index in [2.05, 4.69) is 10.4 Å². The Morgan fingerprint density at radius 3 is 2.38 bits per heavy atom. The first kappa shape index (κ1) is 21.3. The second-order valence-electron chi connectivity index (χ2n) is 7.56. The second-order valence-corrected chi connectivity index (χ2v) is 7.56. The van der Waals surface area contributed by atoms with Gasteiger partial charge in [0, 0.05) is 17.7 Å². The van der Waals surface area contributed by atoms with Crippen molar-refractivity contribution in [2.24, 2.45) is 0 Å². The van der Waals surface area contributed by atoms with Crippen molar-refractivity contribution in [1.82, 2.24) is 9.78 Å². The number of amides is 1. The topological polar surface area (TPSA) is 56.2 Å². The summed E-state index contributed by atoms with van der Waals surface area (Å²) in [5.74, 6) is -0.0662. The first-order valence-corrected chi connectivity index (χ1v) is 10.4. The molecule has 4 aromatic rings. The maximum Gasteiger partial charge on any atom is 0.226 e. The van der Waals surface area contributed by atoms with Gasteiger partial charge in [-0.3, -0.25) is 4.79 Å². The van der Waals surface area contributed by atoms with Gasteiger partial charge >= 0.3 is 0 Å². The van der Waals surface area contributed by atoms with Crippen LogP contribution in [0.3, 0.4) is 0 Å². The number of rotatable bonds is 7. The largest absolute Gasteiger partial charge is 0.436 e. The average Bonchev–Trinajstić information content (AvgIpc) is 3.11. The third-order valence-corrected chi connectivity index (χ3v) is 5.12. The summed E-state index contributed by atoms with van der Waals surface area (Å²) in [5.41, 5.74) is 4.15. The zero-order valence-corrected chi connectivity index (χ0v) is 18.0. The fourth-order valence-corrected chi connectivity index (χ4v) is 3.41. The van der Waals surface area contributed by atoms with E-state index < -0.39 is 5.82 Å². The minimum atomic E-state index is -0.464. The third-order valence-electron chi connectivity index (χ3n) is 5.12. The van der Waals surface area contributed by atoms with Crippen LogP contribution in [0.25, 0.3) is 5.69 Å². The molecule has 0 aliphatic heterocycles. The molecule has 6 heteroatoms. The fourth-order valence-electron chi connectivity index (χ4n) is 3.41.